The Bertz CT molecular complexity index is 1030. The molecule has 0 spiro atoms. The van der Waals surface area contributed by atoms with Crippen molar-refractivity contribution < 1.29 is 14.2 Å². The maximum Gasteiger partial charge on any atom is 0.127 e. The lowest BCUT2D eigenvalue weighted by molar-refractivity contribution is 0.191. The number of hydrogen-bond acceptors (Lipinski definition) is 5. The molecule has 0 aliphatic carbocycles. The molecule has 0 bridgehead atoms. The fraction of sp³-hybridized carbons (Fsp3) is 0.345. The highest BCUT2D eigenvalue weighted by Crippen LogP contribution is 2.27. The fourth-order valence-corrected chi connectivity index (χ4v) is 3.63. The molecule has 0 atom stereocenters. The van der Waals surface area contributed by atoms with E-state index in [1.54, 1.807) is 14.2 Å². The molecule has 0 radical (unpaired) electrons. The van der Waals surface area contributed by atoms with Crippen LogP contribution >= 0.6 is 0 Å². The molecule has 0 aliphatic rings. The molecule has 3 aromatic carbocycles. The standard InChI is InChI=1S/C29H36N2O3/c1-23-9-14-27(15-10-23)31(2)30-22-26-21-25(13-18-29(26)33-4)24-11-16-28(17-12-24)34-20-8-6-5-7-19-32-3/h9-18,21-22H,5-8,19-20H2,1-4H3/b30-22+. The lowest BCUT2D eigenvalue weighted by atomic mass is 10.0. The lowest BCUT2D eigenvalue weighted by Crippen LogP contribution is -2.09. The molecule has 0 saturated carbocycles. The predicted octanol–water partition coefficient (Wildman–Crippen LogP) is 6.73. The van der Waals surface area contributed by atoms with Crippen molar-refractivity contribution >= 4 is 11.9 Å². The molecule has 0 N–H and O–H groups in total. The number of aryl methyl sites for hydroxylation is 1. The Labute approximate surface area is 204 Å². The molecule has 0 heterocycles. The van der Waals surface area contributed by atoms with Gasteiger partial charge in [0, 0.05) is 26.3 Å². The molecule has 0 saturated heterocycles. The van der Waals surface area contributed by atoms with Crippen LogP contribution < -0.4 is 14.5 Å². The Morgan fingerprint density at radius 3 is 2.15 bits per heavy atom. The van der Waals surface area contributed by atoms with Crippen molar-refractivity contribution in [3.63, 3.8) is 0 Å². The first-order valence-corrected chi connectivity index (χ1v) is 11.9. The SMILES string of the molecule is COCCCCCCOc1ccc(-c2ccc(OC)c(/C=N/N(C)c3ccc(C)cc3)c2)cc1. The van der Waals surface area contributed by atoms with Crippen molar-refractivity contribution in [2.45, 2.75) is 32.6 Å². The van der Waals surface area contributed by atoms with Crippen LogP contribution in [-0.2, 0) is 4.74 Å². The van der Waals surface area contributed by atoms with Crippen LogP contribution in [0.25, 0.3) is 11.1 Å². The van der Waals surface area contributed by atoms with Crippen molar-refractivity contribution in [3.8, 4) is 22.6 Å². The molecule has 0 fully saturated rings. The summed E-state index contributed by atoms with van der Waals surface area (Å²) >= 11 is 0. The number of benzene rings is 3. The van der Waals surface area contributed by atoms with E-state index in [4.69, 9.17) is 14.2 Å². The van der Waals surface area contributed by atoms with Crippen LogP contribution in [0, 0.1) is 6.92 Å². The van der Waals surface area contributed by atoms with E-state index in [1.165, 1.54) is 12.0 Å². The van der Waals surface area contributed by atoms with Gasteiger partial charge in [-0.25, -0.2) is 0 Å². The average Bonchev–Trinajstić information content (AvgIpc) is 2.87. The van der Waals surface area contributed by atoms with E-state index in [0.717, 1.165) is 66.4 Å². The monoisotopic (exact) mass is 460 g/mol. The Morgan fingerprint density at radius 2 is 1.47 bits per heavy atom. The zero-order valence-electron chi connectivity index (χ0n) is 20.8. The highest BCUT2D eigenvalue weighted by molar-refractivity contribution is 5.87. The van der Waals surface area contributed by atoms with Crippen LogP contribution in [-0.4, -0.2) is 40.7 Å². The summed E-state index contributed by atoms with van der Waals surface area (Å²) < 4.78 is 16.5. The number of rotatable bonds is 13. The van der Waals surface area contributed by atoms with Gasteiger partial charge in [-0.05, 0) is 73.7 Å². The van der Waals surface area contributed by atoms with Gasteiger partial charge in [0.15, 0.2) is 0 Å². The van der Waals surface area contributed by atoms with Gasteiger partial charge in [0.1, 0.15) is 11.5 Å². The summed E-state index contributed by atoms with van der Waals surface area (Å²) in [5, 5.41) is 6.47. The number of hydrazone groups is 1. The third kappa shape index (κ3) is 7.63. The molecule has 180 valence electrons. The van der Waals surface area contributed by atoms with Gasteiger partial charge in [-0.15, -0.1) is 0 Å². The van der Waals surface area contributed by atoms with Gasteiger partial charge in [0.05, 0.1) is 25.6 Å². The van der Waals surface area contributed by atoms with E-state index in [2.05, 4.69) is 60.6 Å². The smallest absolute Gasteiger partial charge is 0.127 e. The first-order valence-electron chi connectivity index (χ1n) is 11.9. The highest BCUT2D eigenvalue weighted by atomic mass is 16.5. The summed E-state index contributed by atoms with van der Waals surface area (Å²) in [6, 6.07) is 22.7. The van der Waals surface area contributed by atoms with Crippen LogP contribution in [0.2, 0.25) is 0 Å². The van der Waals surface area contributed by atoms with Crippen LogP contribution in [0.15, 0.2) is 71.8 Å². The minimum Gasteiger partial charge on any atom is -0.496 e. The average molecular weight is 461 g/mol. The van der Waals surface area contributed by atoms with Crippen molar-refractivity contribution in [3.05, 3.63) is 77.9 Å². The number of anilines is 1. The second-order valence-electron chi connectivity index (χ2n) is 8.34. The molecule has 0 unspecified atom stereocenters. The Balaban J connectivity index is 1.62. The van der Waals surface area contributed by atoms with E-state index in [-0.39, 0.29) is 0 Å². The van der Waals surface area contributed by atoms with Gasteiger partial charge in [0.25, 0.3) is 0 Å². The van der Waals surface area contributed by atoms with Crippen LogP contribution in [0.4, 0.5) is 5.69 Å². The van der Waals surface area contributed by atoms with Crippen molar-refractivity contribution in [2.24, 2.45) is 5.10 Å². The van der Waals surface area contributed by atoms with Crippen LogP contribution in [0.5, 0.6) is 11.5 Å². The number of methoxy groups -OCH3 is 2. The van der Waals surface area contributed by atoms with Gasteiger partial charge in [-0.1, -0.05) is 42.3 Å². The van der Waals surface area contributed by atoms with Crippen LogP contribution in [0.3, 0.4) is 0 Å². The van der Waals surface area contributed by atoms with Gasteiger partial charge < -0.3 is 14.2 Å². The third-order valence-corrected chi connectivity index (χ3v) is 5.71. The van der Waals surface area contributed by atoms with E-state index in [0.29, 0.717) is 0 Å². The van der Waals surface area contributed by atoms with E-state index in [1.807, 2.05) is 36.5 Å². The molecule has 0 aromatic heterocycles. The van der Waals surface area contributed by atoms with Crippen molar-refractivity contribution in [1.82, 2.24) is 0 Å². The molecular weight excluding hydrogens is 424 g/mol. The highest BCUT2D eigenvalue weighted by Gasteiger charge is 2.06. The van der Waals surface area contributed by atoms with Crippen molar-refractivity contribution in [1.29, 1.82) is 0 Å². The third-order valence-electron chi connectivity index (χ3n) is 5.71. The summed E-state index contributed by atoms with van der Waals surface area (Å²) in [7, 11) is 5.37. The van der Waals surface area contributed by atoms with Crippen molar-refractivity contribution in [2.75, 3.05) is 39.5 Å². The largest absolute Gasteiger partial charge is 0.496 e. The van der Waals surface area contributed by atoms with Gasteiger partial charge in [-0.2, -0.15) is 5.10 Å². The van der Waals surface area contributed by atoms with Gasteiger partial charge in [-0.3, -0.25) is 5.01 Å². The number of ether oxygens (including phenoxy) is 3. The minimum absolute atomic E-state index is 0.740. The summed E-state index contributed by atoms with van der Waals surface area (Å²) in [6.45, 7) is 3.66. The number of hydrogen-bond donors (Lipinski definition) is 0. The molecule has 5 heteroatoms. The zero-order chi connectivity index (χ0) is 24.2. The molecule has 34 heavy (non-hydrogen) atoms. The predicted molar refractivity (Wildman–Crippen MR) is 141 cm³/mol. The van der Waals surface area contributed by atoms with E-state index < -0.39 is 0 Å². The number of unbranched alkanes of at least 4 members (excludes halogenated alkanes) is 3. The Kier molecular flexibility index (Phi) is 9.98. The molecular formula is C29H36N2O3. The Hall–Kier alpha value is -3.31. The normalized spacial score (nSPS) is 11.1. The van der Waals surface area contributed by atoms with Gasteiger partial charge >= 0.3 is 0 Å². The second kappa shape index (κ2) is 13.4. The summed E-state index contributed by atoms with van der Waals surface area (Å²) in [4.78, 5) is 0. The summed E-state index contributed by atoms with van der Waals surface area (Å²) in [6.07, 6.45) is 6.36. The molecule has 3 rings (SSSR count). The van der Waals surface area contributed by atoms with E-state index in [9.17, 15) is 0 Å². The Morgan fingerprint density at radius 1 is 0.794 bits per heavy atom. The lowest BCUT2D eigenvalue weighted by Gasteiger charge is -2.14. The zero-order valence-corrected chi connectivity index (χ0v) is 20.8. The first-order chi connectivity index (χ1) is 16.6. The first kappa shape index (κ1) is 25.3. The molecule has 3 aromatic rings. The minimum atomic E-state index is 0.740. The summed E-state index contributed by atoms with van der Waals surface area (Å²) in [5.74, 6) is 1.69. The maximum atomic E-state index is 5.90. The topological polar surface area (TPSA) is 43.3 Å². The second-order valence-corrected chi connectivity index (χ2v) is 8.34. The van der Waals surface area contributed by atoms with Gasteiger partial charge in [0.2, 0.25) is 0 Å². The fourth-order valence-electron chi connectivity index (χ4n) is 3.63. The quantitative estimate of drug-likeness (QED) is 0.161. The molecule has 5 nitrogen and oxygen atoms in total. The summed E-state index contributed by atoms with van der Waals surface area (Å²) in [5.41, 5.74) is 5.40. The maximum absolute atomic E-state index is 5.90. The molecule has 0 aliphatic heterocycles. The van der Waals surface area contributed by atoms with Crippen LogP contribution in [0.1, 0.15) is 36.8 Å². The molecule has 0 amide bonds. The van der Waals surface area contributed by atoms with E-state index >= 15 is 0 Å². The number of nitrogens with zero attached hydrogens (tertiary/aromatic N) is 2.